The van der Waals surface area contributed by atoms with Crippen molar-refractivity contribution < 1.29 is 9.53 Å². The summed E-state index contributed by atoms with van der Waals surface area (Å²) in [5, 5.41) is 7.37. The van der Waals surface area contributed by atoms with Crippen molar-refractivity contribution in [2.24, 2.45) is 13.0 Å². The largest absolute Gasteiger partial charge is 0.497 e. The molecule has 3 rings (SSSR count). The first kappa shape index (κ1) is 18.2. The quantitative estimate of drug-likeness (QED) is 0.856. The van der Waals surface area contributed by atoms with Crippen LogP contribution < -0.4 is 15.7 Å². The lowest BCUT2D eigenvalue weighted by Gasteiger charge is -2.20. The molecule has 0 unspecified atom stereocenters. The summed E-state index contributed by atoms with van der Waals surface area (Å²) in [6, 6.07) is 7.41. The third-order valence-electron chi connectivity index (χ3n) is 4.99. The van der Waals surface area contributed by atoms with E-state index < -0.39 is 0 Å². The van der Waals surface area contributed by atoms with Gasteiger partial charge in [0.1, 0.15) is 5.75 Å². The summed E-state index contributed by atoms with van der Waals surface area (Å²) in [4.78, 5) is 24.6. The van der Waals surface area contributed by atoms with Crippen molar-refractivity contribution in [2.75, 3.05) is 13.7 Å². The number of nitrogens with one attached hydrogen (secondary N) is 1. The van der Waals surface area contributed by atoms with Gasteiger partial charge in [-0.3, -0.25) is 9.36 Å². The fraction of sp³-hybridized carbons (Fsp3) is 0.526. The first-order valence-corrected chi connectivity index (χ1v) is 9.16. The molecule has 1 fully saturated rings. The highest BCUT2D eigenvalue weighted by Gasteiger charge is 2.20. The van der Waals surface area contributed by atoms with Crippen molar-refractivity contribution in [3.8, 4) is 17.1 Å². The van der Waals surface area contributed by atoms with Gasteiger partial charge in [-0.05, 0) is 37.1 Å². The second kappa shape index (κ2) is 8.21. The predicted octanol–water partition coefficient (Wildman–Crippen LogP) is 1.95. The van der Waals surface area contributed by atoms with Crippen molar-refractivity contribution >= 4 is 5.91 Å². The van der Waals surface area contributed by atoms with Gasteiger partial charge in [0, 0.05) is 25.1 Å². The Labute approximate surface area is 153 Å². The van der Waals surface area contributed by atoms with E-state index >= 15 is 0 Å². The molecule has 1 aromatic heterocycles. The van der Waals surface area contributed by atoms with Crippen LogP contribution in [0.4, 0.5) is 0 Å². The molecule has 0 saturated heterocycles. The third-order valence-corrected chi connectivity index (χ3v) is 4.99. The molecular formula is C19H26N4O3. The lowest BCUT2D eigenvalue weighted by atomic mass is 9.89. The van der Waals surface area contributed by atoms with Gasteiger partial charge in [-0.1, -0.05) is 19.3 Å². The molecule has 1 aliphatic rings. The Morgan fingerprint density at radius 3 is 2.58 bits per heavy atom. The van der Waals surface area contributed by atoms with Gasteiger partial charge in [0.25, 0.3) is 0 Å². The maximum Gasteiger partial charge on any atom is 0.345 e. The number of carbonyl (C=O) groups excluding carboxylic acids is 1. The van der Waals surface area contributed by atoms with Crippen molar-refractivity contribution in [3.05, 3.63) is 34.7 Å². The van der Waals surface area contributed by atoms with E-state index in [1.807, 2.05) is 24.3 Å². The SMILES string of the molecule is COc1ccc(-c2nn(CCNC(=O)C3CCCCC3)c(=O)n2C)cc1. The summed E-state index contributed by atoms with van der Waals surface area (Å²) < 4.78 is 8.08. The minimum Gasteiger partial charge on any atom is -0.497 e. The normalized spacial score (nSPS) is 15.0. The molecule has 1 amide bonds. The highest BCUT2D eigenvalue weighted by atomic mass is 16.5. The van der Waals surface area contributed by atoms with Gasteiger partial charge < -0.3 is 10.1 Å². The van der Waals surface area contributed by atoms with Crippen LogP contribution >= 0.6 is 0 Å². The number of amides is 1. The van der Waals surface area contributed by atoms with E-state index in [1.165, 1.54) is 15.7 Å². The fourth-order valence-corrected chi connectivity index (χ4v) is 3.42. The van der Waals surface area contributed by atoms with E-state index in [1.54, 1.807) is 14.2 Å². The van der Waals surface area contributed by atoms with Crippen LogP contribution in [0.5, 0.6) is 5.75 Å². The van der Waals surface area contributed by atoms with Gasteiger partial charge in [0.05, 0.1) is 13.7 Å². The molecule has 0 atom stereocenters. The number of methoxy groups -OCH3 is 1. The average molecular weight is 358 g/mol. The highest BCUT2D eigenvalue weighted by molar-refractivity contribution is 5.78. The van der Waals surface area contributed by atoms with Crippen LogP contribution in [0.1, 0.15) is 32.1 Å². The predicted molar refractivity (Wildman–Crippen MR) is 99.0 cm³/mol. The molecule has 0 aliphatic heterocycles. The van der Waals surface area contributed by atoms with Crippen LogP contribution in [0.25, 0.3) is 11.4 Å². The lowest BCUT2D eigenvalue weighted by molar-refractivity contribution is -0.125. The second-order valence-corrected chi connectivity index (χ2v) is 6.74. The summed E-state index contributed by atoms with van der Waals surface area (Å²) in [6.07, 6.45) is 5.42. The summed E-state index contributed by atoms with van der Waals surface area (Å²) in [7, 11) is 3.31. The maximum atomic E-state index is 12.4. The molecule has 1 aromatic carbocycles. The maximum absolute atomic E-state index is 12.4. The smallest absolute Gasteiger partial charge is 0.345 e. The number of hydrogen-bond donors (Lipinski definition) is 1. The molecule has 0 bridgehead atoms. The molecule has 0 spiro atoms. The molecular weight excluding hydrogens is 332 g/mol. The number of ether oxygens (including phenoxy) is 1. The zero-order valence-electron chi connectivity index (χ0n) is 15.4. The zero-order valence-corrected chi connectivity index (χ0v) is 15.4. The number of aromatic nitrogens is 3. The molecule has 7 heteroatoms. The van der Waals surface area contributed by atoms with Crippen molar-refractivity contribution in [3.63, 3.8) is 0 Å². The third kappa shape index (κ3) is 3.98. The van der Waals surface area contributed by atoms with Gasteiger partial charge >= 0.3 is 5.69 Å². The summed E-state index contributed by atoms with van der Waals surface area (Å²) in [6.45, 7) is 0.773. The van der Waals surface area contributed by atoms with Crippen LogP contribution in [0.2, 0.25) is 0 Å². The summed E-state index contributed by atoms with van der Waals surface area (Å²) >= 11 is 0. The van der Waals surface area contributed by atoms with Gasteiger partial charge in [0.15, 0.2) is 5.82 Å². The first-order valence-electron chi connectivity index (χ1n) is 9.16. The van der Waals surface area contributed by atoms with Gasteiger partial charge in [0.2, 0.25) is 5.91 Å². The van der Waals surface area contributed by atoms with E-state index in [2.05, 4.69) is 10.4 Å². The van der Waals surface area contributed by atoms with Crippen LogP contribution in [-0.2, 0) is 18.4 Å². The Balaban J connectivity index is 1.63. The Morgan fingerprint density at radius 2 is 1.92 bits per heavy atom. The number of nitrogens with zero attached hydrogens (tertiary/aromatic N) is 3. The lowest BCUT2D eigenvalue weighted by Crippen LogP contribution is -2.36. The van der Waals surface area contributed by atoms with Crippen molar-refractivity contribution in [1.29, 1.82) is 0 Å². The van der Waals surface area contributed by atoms with Crippen molar-refractivity contribution in [1.82, 2.24) is 19.7 Å². The molecule has 7 nitrogen and oxygen atoms in total. The van der Waals surface area contributed by atoms with Gasteiger partial charge in [-0.15, -0.1) is 5.10 Å². The van der Waals surface area contributed by atoms with Crippen LogP contribution in [0.15, 0.2) is 29.1 Å². The Hall–Kier alpha value is -2.57. The summed E-state index contributed by atoms with van der Waals surface area (Å²) in [5.41, 5.74) is 0.651. The standard InChI is InChI=1S/C19H26N4O3/c1-22-17(14-8-10-16(26-2)11-9-14)21-23(19(22)25)13-12-20-18(24)15-6-4-3-5-7-15/h8-11,15H,3-7,12-13H2,1-2H3,(H,20,24). The monoisotopic (exact) mass is 358 g/mol. The fourth-order valence-electron chi connectivity index (χ4n) is 3.42. The van der Waals surface area contributed by atoms with E-state index in [4.69, 9.17) is 4.74 Å². The van der Waals surface area contributed by atoms with E-state index in [-0.39, 0.29) is 17.5 Å². The number of carbonyl (C=O) groups is 1. The van der Waals surface area contributed by atoms with Gasteiger partial charge in [-0.25, -0.2) is 9.48 Å². The van der Waals surface area contributed by atoms with E-state index in [0.29, 0.717) is 18.9 Å². The molecule has 1 aliphatic carbocycles. The molecule has 26 heavy (non-hydrogen) atoms. The molecule has 140 valence electrons. The van der Waals surface area contributed by atoms with E-state index in [0.717, 1.165) is 37.0 Å². The Bertz CT molecular complexity index is 801. The van der Waals surface area contributed by atoms with Gasteiger partial charge in [-0.2, -0.15) is 0 Å². The highest BCUT2D eigenvalue weighted by Crippen LogP contribution is 2.23. The minimum atomic E-state index is -0.192. The van der Waals surface area contributed by atoms with Crippen molar-refractivity contribution in [2.45, 2.75) is 38.6 Å². The van der Waals surface area contributed by atoms with E-state index in [9.17, 15) is 9.59 Å². The Kier molecular flexibility index (Phi) is 5.75. The number of rotatable bonds is 6. The molecule has 2 aromatic rings. The second-order valence-electron chi connectivity index (χ2n) is 6.74. The zero-order chi connectivity index (χ0) is 18.5. The molecule has 1 saturated carbocycles. The topological polar surface area (TPSA) is 78.2 Å². The van der Waals surface area contributed by atoms with Crippen LogP contribution in [0.3, 0.4) is 0 Å². The Morgan fingerprint density at radius 1 is 1.23 bits per heavy atom. The molecule has 1 heterocycles. The minimum absolute atomic E-state index is 0.101. The number of benzene rings is 1. The molecule has 1 N–H and O–H groups in total. The average Bonchev–Trinajstić information content (AvgIpc) is 2.97. The molecule has 0 radical (unpaired) electrons. The summed E-state index contributed by atoms with van der Waals surface area (Å²) in [5.74, 6) is 1.57. The number of hydrogen-bond acceptors (Lipinski definition) is 4. The van der Waals surface area contributed by atoms with Crippen LogP contribution in [0, 0.1) is 5.92 Å². The van der Waals surface area contributed by atoms with Crippen LogP contribution in [-0.4, -0.2) is 33.9 Å². The first-order chi connectivity index (χ1) is 12.6.